The van der Waals surface area contributed by atoms with Crippen molar-refractivity contribution in [1.82, 2.24) is 15.3 Å². The minimum Gasteiger partial charge on any atom is -0.478 e. The van der Waals surface area contributed by atoms with Crippen molar-refractivity contribution in [2.75, 3.05) is 37.7 Å². The van der Waals surface area contributed by atoms with Gasteiger partial charge in [-0.1, -0.05) is 53.5 Å². The number of benzene rings is 2. The Kier molecular flexibility index (Phi) is 6.06. The van der Waals surface area contributed by atoms with Gasteiger partial charge in [0.15, 0.2) is 23.3 Å². The van der Waals surface area contributed by atoms with E-state index in [4.69, 9.17) is 39.5 Å². The number of ketones is 1. The number of aromatic nitrogens is 2. The molecular weight excluding hydrogens is 435 g/mol. The topological polar surface area (TPSA) is 67.3 Å². The lowest BCUT2D eigenvalue weighted by atomic mass is 10.0. The van der Waals surface area contributed by atoms with E-state index >= 15 is 0 Å². The molecule has 0 amide bonds. The summed E-state index contributed by atoms with van der Waals surface area (Å²) in [4.78, 5) is 23.2. The summed E-state index contributed by atoms with van der Waals surface area (Å²) >= 11 is 18.6. The summed E-state index contributed by atoms with van der Waals surface area (Å²) in [5.41, 5.74) is 0.489. The minimum absolute atomic E-state index is 0.0306. The number of nitrogens with zero attached hydrogens (tertiary/aromatic N) is 3. The first-order chi connectivity index (χ1) is 14.0. The second kappa shape index (κ2) is 8.71. The highest BCUT2D eigenvalue weighted by Gasteiger charge is 2.23. The fourth-order valence-electron chi connectivity index (χ4n) is 3.35. The van der Waals surface area contributed by atoms with Crippen LogP contribution in [0.5, 0.6) is 5.75 Å². The van der Waals surface area contributed by atoms with Gasteiger partial charge in [0.2, 0.25) is 11.1 Å². The number of carbonyl (C=O) groups excluding carboxylic acids is 1. The number of piperazine rings is 1. The van der Waals surface area contributed by atoms with E-state index in [0.29, 0.717) is 34.9 Å². The molecular formula is C20H17Cl3N4O2. The van der Waals surface area contributed by atoms with Crippen LogP contribution in [0.4, 0.5) is 5.82 Å². The van der Waals surface area contributed by atoms with Gasteiger partial charge in [0.05, 0.1) is 0 Å². The normalized spacial score (nSPS) is 14.2. The summed E-state index contributed by atoms with van der Waals surface area (Å²) in [7, 11) is 0. The highest BCUT2D eigenvalue weighted by atomic mass is 35.5. The number of fused-ring (bicyclic) bond motifs is 1. The number of carbonyl (C=O) groups is 1. The molecule has 1 aromatic heterocycles. The average Bonchev–Trinajstić information content (AvgIpc) is 2.73. The molecule has 150 valence electrons. The Bertz CT molecular complexity index is 1070. The van der Waals surface area contributed by atoms with E-state index < -0.39 is 0 Å². The van der Waals surface area contributed by atoms with Gasteiger partial charge in [0.25, 0.3) is 0 Å². The zero-order valence-electron chi connectivity index (χ0n) is 15.3. The zero-order valence-corrected chi connectivity index (χ0v) is 17.6. The average molecular weight is 452 g/mol. The first-order valence-corrected chi connectivity index (χ1v) is 10.2. The molecule has 1 aliphatic heterocycles. The first-order valence-electron chi connectivity index (χ1n) is 9.06. The van der Waals surface area contributed by atoms with Gasteiger partial charge in [0.1, 0.15) is 0 Å². The van der Waals surface area contributed by atoms with Crippen LogP contribution in [0.1, 0.15) is 10.4 Å². The van der Waals surface area contributed by atoms with Crippen molar-refractivity contribution in [2.24, 2.45) is 0 Å². The highest BCUT2D eigenvalue weighted by Crippen LogP contribution is 2.34. The quantitative estimate of drug-likeness (QED) is 0.355. The van der Waals surface area contributed by atoms with Gasteiger partial charge in [-0.15, -0.1) is 0 Å². The maximum Gasteiger partial charge on any atom is 0.226 e. The van der Waals surface area contributed by atoms with Gasteiger partial charge in [-0.2, -0.15) is 4.98 Å². The molecule has 1 fully saturated rings. The van der Waals surface area contributed by atoms with Crippen LogP contribution in [0.2, 0.25) is 15.5 Å². The summed E-state index contributed by atoms with van der Waals surface area (Å²) in [5, 5.41) is 5.47. The summed E-state index contributed by atoms with van der Waals surface area (Å²) in [6.45, 7) is 2.80. The van der Waals surface area contributed by atoms with Crippen molar-refractivity contribution in [3.63, 3.8) is 0 Å². The smallest absolute Gasteiger partial charge is 0.226 e. The third-order valence-corrected chi connectivity index (χ3v) is 5.44. The number of hydrogen-bond acceptors (Lipinski definition) is 6. The van der Waals surface area contributed by atoms with Crippen LogP contribution in [0.25, 0.3) is 10.8 Å². The van der Waals surface area contributed by atoms with E-state index in [1.54, 1.807) is 12.1 Å². The van der Waals surface area contributed by atoms with Crippen molar-refractivity contribution in [3.05, 3.63) is 57.4 Å². The van der Waals surface area contributed by atoms with Gasteiger partial charge in [-0.05, 0) is 23.1 Å². The van der Waals surface area contributed by atoms with Crippen LogP contribution in [0, 0.1) is 0 Å². The Morgan fingerprint density at radius 1 is 1.07 bits per heavy atom. The van der Waals surface area contributed by atoms with Crippen LogP contribution in [-0.4, -0.2) is 48.5 Å². The number of halogens is 3. The number of nitrogens with one attached hydrogen (secondary N) is 1. The lowest BCUT2D eigenvalue weighted by Gasteiger charge is -2.29. The molecule has 29 heavy (non-hydrogen) atoms. The first kappa shape index (κ1) is 20.2. The molecule has 0 saturated carbocycles. The lowest BCUT2D eigenvalue weighted by molar-refractivity contribution is 0.0923. The zero-order chi connectivity index (χ0) is 20.4. The second-order valence-corrected chi connectivity index (χ2v) is 7.63. The third kappa shape index (κ3) is 4.26. The summed E-state index contributed by atoms with van der Waals surface area (Å²) in [6, 6.07) is 11.0. The molecule has 2 heterocycles. The Morgan fingerprint density at radius 2 is 1.79 bits per heavy atom. The van der Waals surface area contributed by atoms with Crippen LogP contribution >= 0.6 is 34.8 Å². The molecule has 0 aliphatic carbocycles. The second-order valence-electron chi connectivity index (χ2n) is 6.53. The van der Waals surface area contributed by atoms with Gasteiger partial charge in [-0.25, -0.2) is 4.98 Å². The molecule has 0 radical (unpaired) electrons. The number of rotatable bonds is 5. The maximum absolute atomic E-state index is 12.9. The Labute approximate surface area is 182 Å². The molecule has 1 saturated heterocycles. The van der Waals surface area contributed by atoms with Gasteiger partial charge in [0, 0.05) is 42.2 Å². The van der Waals surface area contributed by atoms with Gasteiger partial charge < -0.3 is 15.0 Å². The standard InChI is InChI=1S/C20H17Cl3N4O2/c21-14-6-2-4-12-3-1-5-13(16(12)14)15(28)11-29-17-18(22)25-20(23)26-19(17)27-9-7-24-8-10-27/h1-6,24H,7-11H2. The molecule has 0 spiro atoms. The molecule has 3 aromatic rings. The Morgan fingerprint density at radius 3 is 2.55 bits per heavy atom. The van der Waals surface area contributed by atoms with Crippen LogP contribution < -0.4 is 15.0 Å². The summed E-state index contributed by atoms with van der Waals surface area (Å²) < 4.78 is 5.81. The predicted molar refractivity (Wildman–Crippen MR) is 116 cm³/mol. The minimum atomic E-state index is -0.228. The van der Waals surface area contributed by atoms with E-state index in [1.165, 1.54) is 0 Å². The van der Waals surface area contributed by atoms with Crippen molar-refractivity contribution < 1.29 is 9.53 Å². The fraction of sp³-hybridized carbons (Fsp3) is 0.250. The van der Waals surface area contributed by atoms with Crippen LogP contribution in [0.15, 0.2) is 36.4 Å². The predicted octanol–water partition coefficient (Wildman–Crippen LogP) is 4.26. The molecule has 0 atom stereocenters. The molecule has 0 unspecified atom stereocenters. The molecule has 2 aromatic carbocycles. The number of Topliss-reactive ketones (excluding diaryl/α,β-unsaturated/α-hetero) is 1. The molecule has 1 N–H and O–H groups in total. The van der Waals surface area contributed by atoms with E-state index in [9.17, 15) is 4.79 Å². The van der Waals surface area contributed by atoms with Crippen molar-refractivity contribution in [1.29, 1.82) is 0 Å². The third-order valence-electron chi connectivity index (χ3n) is 4.70. The van der Waals surface area contributed by atoms with Crippen LogP contribution in [0.3, 0.4) is 0 Å². The molecule has 0 bridgehead atoms. The SMILES string of the molecule is O=C(COc1c(Cl)nc(Cl)nc1N1CCNCC1)c1cccc2cccc(Cl)c12. The maximum atomic E-state index is 12.9. The monoisotopic (exact) mass is 450 g/mol. The fourth-order valence-corrected chi connectivity index (χ4v) is 4.06. The van der Waals surface area contributed by atoms with E-state index in [-0.39, 0.29) is 28.6 Å². The van der Waals surface area contributed by atoms with Crippen LogP contribution in [-0.2, 0) is 0 Å². The number of hydrogen-bond donors (Lipinski definition) is 1. The van der Waals surface area contributed by atoms with Crippen molar-refractivity contribution >= 4 is 57.2 Å². The molecule has 1 aliphatic rings. The van der Waals surface area contributed by atoms with Crippen molar-refractivity contribution in [3.8, 4) is 5.75 Å². The van der Waals surface area contributed by atoms with E-state index in [1.807, 2.05) is 29.2 Å². The van der Waals surface area contributed by atoms with E-state index in [2.05, 4.69) is 15.3 Å². The largest absolute Gasteiger partial charge is 0.478 e. The lowest BCUT2D eigenvalue weighted by Crippen LogP contribution is -2.44. The summed E-state index contributed by atoms with van der Waals surface area (Å²) in [5.74, 6) is 0.513. The van der Waals surface area contributed by atoms with Crippen molar-refractivity contribution in [2.45, 2.75) is 0 Å². The Hall–Kier alpha value is -2.12. The molecule has 6 nitrogen and oxygen atoms in total. The van der Waals surface area contributed by atoms with Gasteiger partial charge in [-0.3, -0.25) is 4.79 Å². The summed E-state index contributed by atoms with van der Waals surface area (Å²) in [6.07, 6.45) is 0. The molecule has 4 rings (SSSR count). The number of ether oxygens (including phenoxy) is 1. The molecule has 9 heteroatoms. The van der Waals surface area contributed by atoms with Gasteiger partial charge >= 0.3 is 0 Å². The Balaban J connectivity index is 1.62. The highest BCUT2D eigenvalue weighted by molar-refractivity contribution is 6.37. The number of anilines is 1. The van der Waals surface area contributed by atoms with E-state index in [0.717, 1.165) is 18.5 Å².